The molecule has 34 heavy (non-hydrogen) atoms. The summed E-state index contributed by atoms with van der Waals surface area (Å²) in [6.07, 6.45) is 3.84. The molecule has 3 aliphatic rings. The molecular weight excluding hydrogens is 437 g/mol. The van der Waals surface area contributed by atoms with E-state index in [4.69, 9.17) is 0 Å². The quantitative estimate of drug-likeness (QED) is 0.525. The molecule has 2 aromatic rings. The summed E-state index contributed by atoms with van der Waals surface area (Å²) in [5, 5.41) is 1.91. The zero-order valence-electron chi connectivity index (χ0n) is 21.3. The van der Waals surface area contributed by atoms with Gasteiger partial charge in [-0.1, -0.05) is 40.7 Å². The molecule has 0 amide bonds. The van der Waals surface area contributed by atoms with Gasteiger partial charge in [0.15, 0.2) is 5.67 Å². The van der Waals surface area contributed by atoms with Crippen molar-refractivity contribution < 1.29 is 13.2 Å². The third-order valence-corrected chi connectivity index (χ3v) is 6.00. The number of alkyl halides is 1. The van der Waals surface area contributed by atoms with Crippen LogP contribution in [0.25, 0.3) is 11.3 Å². The number of hydrazine groups is 1. The van der Waals surface area contributed by atoms with Crippen molar-refractivity contribution in [3.05, 3.63) is 58.9 Å². The van der Waals surface area contributed by atoms with Crippen LogP contribution in [0.3, 0.4) is 0 Å². The van der Waals surface area contributed by atoms with Gasteiger partial charge in [0.1, 0.15) is 11.6 Å². The van der Waals surface area contributed by atoms with Crippen LogP contribution in [0.5, 0.6) is 0 Å². The van der Waals surface area contributed by atoms with Gasteiger partial charge in [0, 0.05) is 31.7 Å². The SMILES string of the molecule is CC.CC(C)C.CCN1NC(N2CCc3[nH]c(-c4c(F)cccc4F)cc3C2)C=C1C1(F)CC1. The van der Waals surface area contributed by atoms with Crippen LogP contribution < -0.4 is 5.43 Å². The Morgan fingerprint density at radius 2 is 1.74 bits per heavy atom. The van der Waals surface area contributed by atoms with E-state index in [1.54, 1.807) is 0 Å². The van der Waals surface area contributed by atoms with Crippen LogP contribution >= 0.6 is 0 Å². The summed E-state index contributed by atoms with van der Waals surface area (Å²) in [5.41, 5.74) is 5.44. The fraction of sp³-hybridized carbons (Fsp3) is 0.556. The number of nitrogens with zero attached hydrogens (tertiary/aromatic N) is 2. The minimum Gasteiger partial charge on any atom is -0.358 e. The van der Waals surface area contributed by atoms with Gasteiger partial charge in [0.05, 0.1) is 23.1 Å². The molecule has 188 valence electrons. The Kier molecular flexibility index (Phi) is 8.52. The highest BCUT2D eigenvalue weighted by atomic mass is 19.1. The molecule has 1 aromatic heterocycles. The second kappa shape index (κ2) is 11.0. The molecule has 1 saturated carbocycles. The number of benzene rings is 1. The molecule has 7 heteroatoms. The summed E-state index contributed by atoms with van der Waals surface area (Å²) < 4.78 is 42.9. The molecule has 0 radical (unpaired) electrons. The lowest BCUT2D eigenvalue weighted by molar-refractivity contribution is 0.120. The third-order valence-electron chi connectivity index (χ3n) is 6.00. The van der Waals surface area contributed by atoms with Crippen LogP contribution in [0.15, 0.2) is 36.0 Å². The van der Waals surface area contributed by atoms with Gasteiger partial charge in [0.25, 0.3) is 0 Å². The molecule has 5 rings (SSSR count). The Hall–Kier alpha value is -2.25. The molecule has 1 unspecified atom stereocenters. The lowest BCUT2D eigenvalue weighted by Gasteiger charge is -2.33. The van der Waals surface area contributed by atoms with Crippen LogP contribution in [-0.2, 0) is 13.0 Å². The smallest absolute Gasteiger partial charge is 0.151 e. The zero-order chi connectivity index (χ0) is 25.0. The number of aromatic nitrogens is 1. The van der Waals surface area contributed by atoms with Crippen molar-refractivity contribution in [2.45, 2.75) is 79.2 Å². The van der Waals surface area contributed by atoms with Gasteiger partial charge < -0.3 is 9.99 Å². The van der Waals surface area contributed by atoms with Crippen molar-refractivity contribution in [3.8, 4) is 11.3 Å². The highest BCUT2D eigenvalue weighted by Crippen LogP contribution is 2.48. The van der Waals surface area contributed by atoms with Gasteiger partial charge >= 0.3 is 0 Å². The van der Waals surface area contributed by atoms with Gasteiger partial charge in [0.2, 0.25) is 0 Å². The van der Waals surface area contributed by atoms with Crippen molar-refractivity contribution >= 4 is 0 Å². The van der Waals surface area contributed by atoms with Gasteiger partial charge in [-0.05, 0) is 55.5 Å². The van der Waals surface area contributed by atoms with E-state index >= 15 is 0 Å². The molecule has 0 bridgehead atoms. The fourth-order valence-electron chi connectivity index (χ4n) is 4.30. The van der Waals surface area contributed by atoms with E-state index in [2.05, 4.69) is 36.1 Å². The minimum atomic E-state index is -1.18. The lowest BCUT2D eigenvalue weighted by Crippen LogP contribution is -2.49. The van der Waals surface area contributed by atoms with E-state index in [0.29, 0.717) is 31.6 Å². The van der Waals surface area contributed by atoms with E-state index in [9.17, 15) is 13.2 Å². The summed E-state index contributed by atoms with van der Waals surface area (Å²) in [6.45, 7) is 14.6. The van der Waals surface area contributed by atoms with E-state index in [0.717, 1.165) is 35.8 Å². The Labute approximate surface area is 202 Å². The number of rotatable bonds is 4. The van der Waals surface area contributed by atoms with Crippen LogP contribution in [0, 0.1) is 17.6 Å². The molecular formula is C27H39F3N4. The van der Waals surface area contributed by atoms with Crippen LogP contribution in [-0.4, -0.2) is 39.8 Å². The van der Waals surface area contributed by atoms with Gasteiger partial charge in [-0.2, -0.15) is 0 Å². The first-order valence-electron chi connectivity index (χ1n) is 12.6. The molecule has 0 spiro atoms. The first kappa shape index (κ1) is 26.4. The number of H-pyrrole nitrogens is 1. The monoisotopic (exact) mass is 476 g/mol. The molecule has 2 aliphatic heterocycles. The maximum atomic E-state index is 14.6. The van der Waals surface area contributed by atoms with Gasteiger partial charge in [-0.25, -0.2) is 18.6 Å². The molecule has 2 N–H and O–H groups in total. The molecule has 1 aromatic carbocycles. The van der Waals surface area contributed by atoms with Crippen LogP contribution in [0.2, 0.25) is 0 Å². The summed E-state index contributed by atoms with van der Waals surface area (Å²) >= 11 is 0. The maximum Gasteiger partial charge on any atom is 0.151 e. The Balaban J connectivity index is 0.000000492. The average molecular weight is 477 g/mol. The largest absolute Gasteiger partial charge is 0.358 e. The Morgan fingerprint density at radius 3 is 2.29 bits per heavy atom. The number of fused-ring (bicyclic) bond motifs is 1. The average Bonchev–Trinajstić information content (AvgIpc) is 3.22. The zero-order valence-corrected chi connectivity index (χ0v) is 21.3. The predicted octanol–water partition coefficient (Wildman–Crippen LogP) is 6.56. The van der Waals surface area contributed by atoms with Crippen molar-refractivity contribution in [3.63, 3.8) is 0 Å². The van der Waals surface area contributed by atoms with Crippen molar-refractivity contribution in [1.29, 1.82) is 0 Å². The van der Waals surface area contributed by atoms with Gasteiger partial charge in [-0.3, -0.25) is 4.90 Å². The lowest BCUT2D eigenvalue weighted by atomic mass is 10.1. The van der Waals surface area contributed by atoms with E-state index in [1.165, 1.54) is 18.2 Å². The molecule has 4 nitrogen and oxygen atoms in total. The highest BCUT2D eigenvalue weighted by molar-refractivity contribution is 5.63. The predicted molar refractivity (Wildman–Crippen MR) is 133 cm³/mol. The van der Waals surface area contributed by atoms with E-state index in [-0.39, 0.29) is 11.7 Å². The Bertz CT molecular complexity index is 971. The van der Waals surface area contributed by atoms with E-state index < -0.39 is 17.3 Å². The first-order chi connectivity index (χ1) is 16.2. The van der Waals surface area contributed by atoms with Crippen molar-refractivity contribution in [2.24, 2.45) is 5.92 Å². The van der Waals surface area contributed by atoms with E-state index in [1.807, 2.05) is 37.9 Å². The summed E-state index contributed by atoms with van der Waals surface area (Å²) in [7, 11) is 0. The van der Waals surface area contributed by atoms with Crippen LogP contribution in [0.1, 0.15) is 65.6 Å². The van der Waals surface area contributed by atoms with Crippen LogP contribution in [0.4, 0.5) is 13.2 Å². The number of aromatic amines is 1. The molecule has 1 atom stereocenters. The molecule has 0 saturated heterocycles. The number of hydrogen-bond donors (Lipinski definition) is 2. The second-order valence-electron chi connectivity index (χ2n) is 9.57. The minimum absolute atomic E-state index is 0.0186. The number of halogens is 3. The van der Waals surface area contributed by atoms with Crippen molar-refractivity contribution in [1.82, 2.24) is 20.3 Å². The topological polar surface area (TPSA) is 34.3 Å². The highest BCUT2D eigenvalue weighted by Gasteiger charge is 2.51. The first-order valence-corrected chi connectivity index (χ1v) is 12.6. The number of nitrogens with one attached hydrogen (secondary N) is 2. The number of hydrogen-bond acceptors (Lipinski definition) is 3. The standard InChI is InChI=1S/C21H23F3N4.C4H10.C2H6/c1-2-28-18(21(24)7-8-21)11-19(26-28)27-9-6-16-13(12-27)10-17(25-16)20-14(22)4-3-5-15(20)23;1-4(2)3;1-2/h3-5,10-11,19,25-26H,2,6-9,12H2,1H3;4H,1-3H3;1-2H3. The molecule has 1 fully saturated rings. The third kappa shape index (κ3) is 5.69. The Morgan fingerprint density at radius 1 is 1.12 bits per heavy atom. The summed E-state index contributed by atoms with van der Waals surface area (Å²) in [5.74, 6) is -0.312. The second-order valence-corrected chi connectivity index (χ2v) is 9.57. The van der Waals surface area contributed by atoms with Crippen molar-refractivity contribution in [2.75, 3.05) is 13.1 Å². The normalized spacial score (nSPS) is 20.7. The molecule has 3 heterocycles. The molecule has 1 aliphatic carbocycles. The van der Waals surface area contributed by atoms with Gasteiger partial charge in [-0.15, -0.1) is 0 Å². The summed E-state index contributed by atoms with van der Waals surface area (Å²) in [4.78, 5) is 5.43. The fourth-order valence-corrected chi connectivity index (χ4v) is 4.30. The number of allylic oxidation sites excluding steroid dienone is 1. The summed E-state index contributed by atoms with van der Waals surface area (Å²) in [6, 6.07) is 5.73. The maximum absolute atomic E-state index is 14.6.